The number of rotatable bonds is 6. The molecule has 1 heterocycles. The zero-order chi connectivity index (χ0) is 22.7. The van der Waals surface area contributed by atoms with Crippen LogP contribution in [0.3, 0.4) is 0 Å². The van der Waals surface area contributed by atoms with Gasteiger partial charge in [-0.3, -0.25) is 0 Å². The van der Waals surface area contributed by atoms with Crippen molar-refractivity contribution in [2.45, 2.75) is 69.9 Å². The van der Waals surface area contributed by atoms with E-state index in [-0.39, 0.29) is 18.0 Å². The van der Waals surface area contributed by atoms with E-state index in [1.807, 2.05) is 6.92 Å². The van der Waals surface area contributed by atoms with Crippen LogP contribution in [0.15, 0.2) is 41.3 Å². The first-order valence-electron chi connectivity index (χ1n) is 9.81. The minimum Gasteiger partial charge on any atom is -0.444 e. The van der Waals surface area contributed by atoms with Gasteiger partial charge >= 0.3 is 6.09 Å². The summed E-state index contributed by atoms with van der Waals surface area (Å²) in [6, 6.07) is 5.83. The lowest BCUT2D eigenvalue weighted by molar-refractivity contribution is -0.0360. The van der Waals surface area contributed by atoms with Crippen LogP contribution in [0.2, 0.25) is 0 Å². The van der Waals surface area contributed by atoms with Crippen LogP contribution in [0.1, 0.15) is 40.2 Å². The number of amides is 1. The third-order valence-corrected chi connectivity index (χ3v) is 6.60. The molecule has 0 bridgehead atoms. The van der Waals surface area contributed by atoms with Crippen LogP contribution in [-0.4, -0.2) is 60.5 Å². The molecule has 0 aliphatic carbocycles. The largest absolute Gasteiger partial charge is 0.444 e. The lowest BCUT2D eigenvalue weighted by Gasteiger charge is -2.32. The maximum absolute atomic E-state index is 13.5. The predicted octanol–water partition coefficient (Wildman–Crippen LogP) is 2.56. The molecule has 30 heavy (non-hydrogen) atoms. The maximum atomic E-state index is 13.5. The van der Waals surface area contributed by atoms with Gasteiger partial charge in [0.15, 0.2) is 0 Å². The second kappa shape index (κ2) is 9.05. The molecule has 1 aromatic rings. The first kappa shape index (κ1) is 24.3. The minimum absolute atomic E-state index is 0.0239. The summed E-state index contributed by atoms with van der Waals surface area (Å²) in [4.78, 5) is 12.3. The fourth-order valence-corrected chi connectivity index (χ4v) is 5.23. The van der Waals surface area contributed by atoms with E-state index in [1.54, 1.807) is 65.0 Å². The third-order valence-electron chi connectivity index (χ3n) is 4.50. The van der Waals surface area contributed by atoms with Crippen LogP contribution in [0.4, 0.5) is 4.79 Å². The van der Waals surface area contributed by atoms with Crippen molar-refractivity contribution >= 4 is 16.1 Å². The second-order valence-corrected chi connectivity index (χ2v) is 10.5. The Morgan fingerprint density at radius 1 is 1.30 bits per heavy atom. The van der Waals surface area contributed by atoms with E-state index in [4.69, 9.17) is 14.6 Å². The van der Waals surface area contributed by atoms with E-state index >= 15 is 0 Å². The van der Waals surface area contributed by atoms with Crippen LogP contribution in [0.5, 0.6) is 0 Å². The topological polar surface area (TPSA) is 105 Å². The number of aryl methyl sites for hydroxylation is 1. The van der Waals surface area contributed by atoms with E-state index in [0.29, 0.717) is 0 Å². The van der Waals surface area contributed by atoms with Crippen LogP contribution >= 0.6 is 0 Å². The molecule has 2 rings (SSSR count). The summed E-state index contributed by atoms with van der Waals surface area (Å²) in [5, 5.41) is 11.8. The zero-order valence-electron chi connectivity index (χ0n) is 18.4. The summed E-state index contributed by atoms with van der Waals surface area (Å²) in [5.74, 6) is 0. The number of hydrogen-bond acceptors (Lipinski definition) is 6. The Hall–Kier alpha value is -1.94. The van der Waals surface area contributed by atoms with E-state index in [2.05, 4.69) is 5.32 Å². The van der Waals surface area contributed by atoms with Gasteiger partial charge in [0.2, 0.25) is 10.0 Å². The molecule has 1 aliphatic heterocycles. The normalized spacial score (nSPS) is 22.4. The SMILES string of the molecule is Cc1ccc(S(=O)(=O)N2[C@H](CNC(=O)OC(C)(C)C)[C@@H](/C=C/CO)OC2(C)C)cc1. The van der Waals surface area contributed by atoms with Crippen molar-refractivity contribution < 1.29 is 27.8 Å². The summed E-state index contributed by atoms with van der Waals surface area (Å²) >= 11 is 0. The Balaban J connectivity index is 2.38. The number of nitrogens with one attached hydrogen (secondary N) is 1. The molecule has 0 aromatic heterocycles. The smallest absolute Gasteiger partial charge is 0.407 e. The lowest BCUT2D eigenvalue weighted by atomic mass is 10.1. The van der Waals surface area contributed by atoms with Crippen molar-refractivity contribution in [2.24, 2.45) is 0 Å². The van der Waals surface area contributed by atoms with Crippen molar-refractivity contribution in [3.8, 4) is 0 Å². The average Bonchev–Trinajstić information content (AvgIpc) is 2.87. The minimum atomic E-state index is -3.93. The number of aliphatic hydroxyl groups excluding tert-OH is 1. The summed E-state index contributed by atoms with van der Waals surface area (Å²) in [6.07, 6.45) is 1.78. The molecule has 1 saturated heterocycles. The van der Waals surface area contributed by atoms with Gasteiger partial charge in [-0.25, -0.2) is 13.2 Å². The first-order chi connectivity index (χ1) is 13.8. The van der Waals surface area contributed by atoms with Gasteiger partial charge in [0.25, 0.3) is 0 Å². The molecular weight excluding hydrogens is 408 g/mol. The Morgan fingerprint density at radius 3 is 2.43 bits per heavy atom. The van der Waals surface area contributed by atoms with E-state index in [9.17, 15) is 13.2 Å². The molecule has 1 amide bonds. The molecule has 1 aromatic carbocycles. The van der Waals surface area contributed by atoms with Crippen LogP contribution < -0.4 is 5.32 Å². The standard InChI is InChI=1S/C21H32N2O6S/c1-15-9-11-16(12-10-15)30(26,27)23-17(14-22-19(25)29-20(2,3)4)18(8-7-13-24)28-21(23,5)6/h7-12,17-18,24H,13-14H2,1-6H3,(H,22,25)/b8-7+/t17-,18-/m1/s1. The highest BCUT2D eigenvalue weighted by Crippen LogP contribution is 2.37. The monoisotopic (exact) mass is 440 g/mol. The summed E-state index contributed by atoms with van der Waals surface area (Å²) in [5.41, 5.74) is -0.911. The Labute approximate surface area is 178 Å². The maximum Gasteiger partial charge on any atom is 0.407 e. The highest BCUT2D eigenvalue weighted by atomic mass is 32.2. The van der Waals surface area contributed by atoms with Crippen molar-refractivity contribution in [3.05, 3.63) is 42.0 Å². The quantitative estimate of drug-likeness (QED) is 0.659. The number of aliphatic hydroxyl groups is 1. The lowest BCUT2D eigenvalue weighted by Crippen LogP contribution is -2.52. The predicted molar refractivity (Wildman–Crippen MR) is 113 cm³/mol. The number of carbonyl (C=O) groups excluding carboxylic acids is 1. The van der Waals surface area contributed by atoms with Gasteiger partial charge in [-0.15, -0.1) is 0 Å². The van der Waals surface area contributed by atoms with Gasteiger partial charge in [0.05, 0.1) is 23.6 Å². The fraction of sp³-hybridized carbons (Fsp3) is 0.571. The highest BCUT2D eigenvalue weighted by Gasteiger charge is 2.52. The van der Waals surface area contributed by atoms with Gasteiger partial charge in [0, 0.05) is 6.54 Å². The van der Waals surface area contributed by atoms with E-state index in [1.165, 1.54) is 10.4 Å². The first-order valence-corrected chi connectivity index (χ1v) is 11.3. The van der Waals surface area contributed by atoms with Crippen molar-refractivity contribution in [1.29, 1.82) is 0 Å². The molecule has 0 radical (unpaired) electrons. The number of ether oxygens (including phenoxy) is 2. The van der Waals surface area contributed by atoms with Gasteiger partial charge < -0.3 is 19.9 Å². The molecule has 168 valence electrons. The molecule has 2 atom stereocenters. The molecule has 0 spiro atoms. The molecule has 1 fully saturated rings. The van der Waals surface area contributed by atoms with Crippen molar-refractivity contribution in [2.75, 3.05) is 13.2 Å². The molecule has 0 saturated carbocycles. The molecule has 8 nitrogen and oxygen atoms in total. The molecule has 2 N–H and O–H groups in total. The van der Waals surface area contributed by atoms with E-state index in [0.717, 1.165) is 5.56 Å². The van der Waals surface area contributed by atoms with Crippen LogP contribution in [0.25, 0.3) is 0 Å². The number of benzene rings is 1. The fourth-order valence-electron chi connectivity index (χ4n) is 3.35. The Morgan fingerprint density at radius 2 is 1.90 bits per heavy atom. The van der Waals surface area contributed by atoms with Gasteiger partial charge in [-0.05, 0) is 53.7 Å². The zero-order valence-corrected chi connectivity index (χ0v) is 19.2. The number of nitrogens with zero attached hydrogens (tertiary/aromatic N) is 1. The Bertz CT molecular complexity index is 872. The summed E-state index contributed by atoms with van der Waals surface area (Å²) < 4.78 is 39.5. The molecular formula is C21H32N2O6S. The highest BCUT2D eigenvalue weighted by molar-refractivity contribution is 7.89. The average molecular weight is 441 g/mol. The summed E-state index contributed by atoms with van der Waals surface area (Å²) in [7, 11) is -3.93. The van der Waals surface area contributed by atoms with Crippen LogP contribution in [-0.2, 0) is 19.5 Å². The number of hydrogen-bond donors (Lipinski definition) is 2. The van der Waals surface area contributed by atoms with Gasteiger partial charge in [-0.2, -0.15) is 4.31 Å². The molecule has 1 aliphatic rings. The molecule has 9 heteroatoms. The second-order valence-electron chi connectivity index (χ2n) is 8.70. The van der Waals surface area contributed by atoms with Gasteiger partial charge in [0.1, 0.15) is 11.3 Å². The third kappa shape index (κ3) is 5.81. The van der Waals surface area contributed by atoms with Crippen LogP contribution in [0, 0.1) is 6.92 Å². The molecule has 0 unspecified atom stereocenters. The number of sulfonamides is 1. The van der Waals surface area contributed by atoms with Gasteiger partial charge in [-0.1, -0.05) is 29.8 Å². The Kier molecular flexibility index (Phi) is 7.34. The van der Waals surface area contributed by atoms with Crippen molar-refractivity contribution in [3.63, 3.8) is 0 Å². The van der Waals surface area contributed by atoms with Crippen molar-refractivity contribution in [1.82, 2.24) is 9.62 Å². The summed E-state index contributed by atoms with van der Waals surface area (Å²) in [6.45, 7) is 10.2. The van der Waals surface area contributed by atoms with E-state index < -0.39 is 39.6 Å². The number of alkyl carbamates (subject to hydrolysis) is 1. The number of carbonyl (C=O) groups is 1.